The first-order valence-corrected chi connectivity index (χ1v) is 3.37. The molecule has 0 amide bonds. The van der Waals surface area contributed by atoms with E-state index in [1.165, 1.54) is 6.42 Å². The molecule has 0 radical (unpaired) electrons. The third kappa shape index (κ3) is 1.48. The van der Waals surface area contributed by atoms with Crippen molar-refractivity contribution in [1.82, 2.24) is 0 Å². The van der Waals surface area contributed by atoms with E-state index in [1.807, 2.05) is 0 Å². The van der Waals surface area contributed by atoms with Gasteiger partial charge in [0.05, 0.1) is 13.2 Å². The van der Waals surface area contributed by atoms with Crippen LogP contribution in [0.5, 0.6) is 0 Å². The van der Waals surface area contributed by atoms with Gasteiger partial charge in [0.15, 0.2) is 0 Å². The highest BCUT2D eigenvalue weighted by Gasteiger charge is 2.18. The second-order valence-electron chi connectivity index (χ2n) is 3.03. The highest BCUT2D eigenvalue weighted by atomic mass is 16.5. The molecular weight excluding hydrogens is 100 g/mol. The first-order valence-electron chi connectivity index (χ1n) is 3.37. The molecule has 1 saturated heterocycles. The van der Waals surface area contributed by atoms with E-state index in [-0.39, 0.29) is 0 Å². The number of hydrogen-bond donors (Lipinski definition) is 0. The molecule has 0 spiro atoms. The summed E-state index contributed by atoms with van der Waals surface area (Å²) in [4.78, 5) is 0. The van der Waals surface area contributed by atoms with Gasteiger partial charge in [0.2, 0.25) is 0 Å². The lowest BCUT2D eigenvalue weighted by atomic mass is 9.96. The van der Waals surface area contributed by atoms with Crippen LogP contribution in [0.4, 0.5) is 0 Å². The van der Waals surface area contributed by atoms with E-state index in [2.05, 4.69) is 13.8 Å². The van der Waals surface area contributed by atoms with Crippen molar-refractivity contribution in [3.8, 4) is 0 Å². The number of hydrogen-bond acceptors (Lipinski definition) is 1. The van der Waals surface area contributed by atoms with Gasteiger partial charge in [0, 0.05) is 5.92 Å². The van der Waals surface area contributed by atoms with Gasteiger partial charge >= 0.3 is 0 Å². The van der Waals surface area contributed by atoms with Gasteiger partial charge in [-0.2, -0.15) is 0 Å². The van der Waals surface area contributed by atoms with Gasteiger partial charge in [-0.15, -0.1) is 0 Å². The number of ether oxygens (including phenoxy) is 1. The van der Waals surface area contributed by atoms with Crippen LogP contribution in [0.1, 0.15) is 20.3 Å². The third-order valence-electron chi connectivity index (χ3n) is 1.51. The molecule has 8 heavy (non-hydrogen) atoms. The molecule has 0 saturated carbocycles. The fraction of sp³-hybridized carbons (Fsp3) is 1.00. The molecule has 1 heterocycles. The maximum absolute atomic E-state index is 5.04. The Kier molecular flexibility index (Phi) is 1.90. The van der Waals surface area contributed by atoms with Crippen LogP contribution in [0.15, 0.2) is 0 Å². The largest absolute Gasteiger partial charge is 0.381 e. The fourth-order valence-corrected chi connectivity index (χ4v) is 1.09. The molecule has 1 nitrogen and oxygen atoms in total. The van der Waals surface area contributed by atoms with E-state index in [0.29, 0.717) is 0 Å². The Labute approximate surface area is 51.0 Å². The molecule has 0 aromatic carbocycles. The zero-order valence-corrected chi connectivity index (χ0v) is 5.68. The van der Waals surface area contributed by atoms with Crippen molar-refractivity contribution >= 4 is 0 Å². The Morgan fingerprint density at radius 1 is 1.50 bits per heavy atom. The van der Waals surface area contributed by atoms with Crippen LogP contribution in [0.25, 0.3) is 0 Å². The van der Waals surface area contributed by atoms with E-state index in [4.69, 9.17) is 4.74 Å². The van der Waals surface area contributed by atoms with Crippen molar-refractivity contribution in [2.45, 2.75) is 20.3 Å². The second-order valence-corrected chi connectivity index (χ2v) is 3.03. The smallest absolute Gasteiger partial charge is 0.0516 e. The van der Waals surface area contributed by atoms with E-state index in [1.54, 1.807) is 0 Å². The van der Waals surface area contributed by atoms with Crippen LogP contribution in [0.3, 0.4) is 0 Å². The molecule has 1 rings (SSSR count). The maximum Gasteiger partial charge on any atom is 0.0516 e. The van der Waals surface area contributed by atoms with Crippen molar-refractivity contribution in [1.29, 1.82) is 0 Å². The topological polar surface area (TPSA) is 9.23 Å². The van der Waals surface area contributed by atoms with Crippen molar-refractivity contribution in [3.05, 3.63) is 0 Å². The van der Waals surface area contributed by atoms with Crippen LogP contribution in [0, 0.1) is 11.8 Å². The normalized spacial score (nSPS) is 21.4. The molecular formula is C7H14O. The highest BCUT2D eigenvalue weighted by molar-refractivity contribution is 4.66. The summed E-state index contributed by atoms with van der Waals surface area (Å²) in [6.07, 6.45) is 1.35. The summed E-state index contributed by atoms with van der Waals surface area (Å²) in [6.45, 7) is 6.55. The standard InChI is InChI=1S/C7H14O/c1-6(2)3-7-4-8-5-7/h6-7H,3-5H2,1-2H3. The highest BCUT2D eigenvalue weighted by Crippen LogP contribution is 2.18. The number of rotatable bonds is 2. The Morgan fingerprint density at radius 2 is 2.12 bits per heavy atom. The van der Waals surface area contributed by atoms with Gasteiger partial charge in [0.1, 0.15) is 0 Å². The van der Waals surface area contributed by atoms with Gasteiger partial charge in [-0.1, -0.05) is 13.8 Å². The average molecular weight is 114 g/mol. The molecule has 1 aliphatic heterocycles. The van der Waals surface area contributed by atoms with Gasteiger partial charge < -0.3 is 4.74 Å². The summed E-state index contributed by atoms with van der Waals surface area (Å²) >= 11 is 0. The predicted octanol–water partition coefficient (Wildman–Crippen LogP) is 1.68. The minimum Gasteiger partial charge on any atom is -0.381 e. The minimum atomic E-state index is 0.851. The van der Waals surface area contributed by atoms with Crippen molar-refractivity contribution in [3.63, 3.8) is 0 Å². The molecule has 0 aromatic rings. The van der Waals surface area contributed by atoms with Crippen molar-refractivity contribution in [2.24, 2.45) is 11.8 Å². The average Bonchev–Trinajstić information content (AvgIpc) is 1.55. The first kappa shape index (κ1) is 6.09. The Morgan fingerprint density at radius 3 is 2.25 bits per heavy atom. The minimum absolute atomic E-state index is 0.851. The van der Waals surface area contributed by atoms with Crippen LogP contribution in [-0.2, 0) is 4.74 Å². The summed E-state index contributed by atoms with van der Waals surface area (Å²) in [5.41, 5.74) is 0. The maximum atomic E-state index is 5.04. The van der Waals surface area contributed by atoms with Gasteiger partial charge in [0.25, 0.3) is 0 Å². The summed E-state index contributed by atoms with van der Waals surface area (Å²) in [6, 6.07) is 0. The zero-order chi connectivity index (χ0) is 5.98. The van der Waals surface area contributed by atoms with Crippen LogP contribution in [0.2, 0.25) is 0 Å². The van der Waals surface area contributed by atoms with Crippen LogP contribution in [-0.4, -0.2) is 13.2 Å². The molecule has 0 atom stereocenters. The summed E-state index contributed by atoms with van der Waals surface area (Å²) in [5, 5.41) is 0. The van der Waals surface area contributed by atoms with E-state index in [0.717, 1.165) is 25.0 Å². The lowest BCUT2D eigenvalue weighted by Gasteiger charge is -2.27. The van der Waals surface area contributed by atoms with E-state index >= 15 is 0 Å². The molecule has 0 bridgehead atoms. The lowest BCUT2D eigenvalue weighted by molar-refractivity contribution is -0.0406. The summed E-state index contributed by atoms with van der Waals surface area (Å²) in [5.74, 6) is 1.74. The molecule has 0 aromatic heterocycles. The predicted molar refractivity (Wildman–Crippen MR) is 33.8 cm³/mol. The third-order valence-corrected chi connectivity index (χ3v) is 1.51. The lowest BCUT2D eigenvalue weighted by Crippen LogP contribution is -2.28. The van der Waals surface area contributed by atoms with Gasteiger partial charge in [-0.25, -0.2) is 0 Å². The zero-order valence-electron chi connectivity index (χ0n) is 5.68. The second kappa shape index (κ2) is 2.49. The molecule has 1 aliphatic rings. The summed E-state index contributed by atoms with van der Waals surface area (Å²) in [7, 11) is 0. The van der Waals surface area contributed by atoms with Gasteiger partial charge in [-0.3, -0.25) is 0 Å². The van der Waals surface area contributed by atoms with Crippen molar-refractivity contribution in [2.75, 3.05) is 13.2 Å². The Bertz CT molecular complexity index is 64.8. The first-order chi connectivity index (χ1) is 3.79. The van der Waals surface area contributed by atoms with Crippen LogP contribution < -0.4 is 0 Å². The Hall–Kier alpha value is -0.0400. The SMILES string of the molecule is CC(C)CC1COC1. The molecule has 48 valence electrons. The quantitative estimate of drug-likeness (QED) is 0.530. The van der Waals surface area contributed by atoms with E-state index < -0.39 is 0 Å². The van der Waals surface area contributed by atoms with Gasteiger partial charge in [-0.05, 0) is 12.3 Å². The molecule has 1 fully saturated rings. The molecule has 1 heteroatoms. The summed E-state index contributed by atoms with van der Waals surface area (Å²) < 4.78 is 5.04. The van der Waals surface area contributed by atoms with E-state index in [9.17, 15) is 0 Å². The fourth-order valence-electron chi connectivity index (χ4n) is 1.09. The van der Waals surface area contributed by atoms with Crippen LogP contribution >= 0.6 is 0 Å². The van der Waals surface area contributed by atoms with Crippen molar-refractivity contribution < 1.29 is 4.74 Å². The molecule has 0 N–H and O–H groups in total. The Balaban J connectivity index is 2.01. The molecule has 0 unspecified atom stereocenters. The monoisotopic (exact) mass is 114 g/mol. The molecule has 0 aliphatic carbocycles.